The van der Waals surface area contributed by atoms with E-state index in [1.807, 2.05) is 0 Å². The summed E-state index contributed by atoms with van der Waals surface area (Å²) in [4.78, 5) is 5.34. The SMILES string of the molecule is Cc1cc2c3c(c1)N(c1ccc(C(C)(C)C)cc1-c1ccccc1)c1c(oc4ccc(C(C)(C)C)cc14)B3C1=C(C=C3C(C1)C(C)(C)CCC3(C)C)N2c1ccc2c(c1)C(C)(C)CCC2(C)C. The van der Waals surface area contributed by atoms with Crippen molar-refractivity contribution in [2.75, 3.05) is 9.80 Å². The summed E-state index contributed by atoms with van der Waals surface area (Å²) in [5.41, 5.74) is 23.8. The van der Waals surface area contributed by atoms with Gasteiger partial charge in [-0.05, 0) is 171 Å². The van der Waals surface area contributed by atoms with Crippen molar-refractivity contribution in [1.82, 2.24) is 0 Å². The normalized spacial score (nSPS) is 21.0. The van der Waals surface area contributed by atoms with E-state index in [0.29, 0.717) is 5.92 Å². The molecule has 5 aliphatic rings. The van der Waals surface area contributed by atoms with Gasteiger partial charge >= 0.3 is 0 Å². The summed E-state index contributed by atoms with van der Waals surface area (Å²) in [5.74, 6) is 0.434. The van der Waals surface area contributed by atoms with Crippen LogP contribution < -0.4 is 20.9 Å². The molecule has 1 saturated carbocycles. The van der Waals surface area contributed by atoms with Crippen LogP contribution in [0.15, 0.2) is 124 Å². The second kappa shape index (κ2) is 14.4. The van der Waals surface area contributed by atoms with Crippen molar-refractivity contribution >= 4 is 57.2 Å². The van der Waals surface area contributed by atoms with E-state index < -0.39 is 0 Å². The van der Waals surface area contributed by atoms with Crippen LogP contribution in [0, 0.1) is 23.7 Å². The second-order valence-electron chi connectivity index (χ2n) is 26.1. The van der Waals surface area contributed by atoms with Crippen LogP contribution in [0.2, 0.25) is 0 Å². The minimum absolute atomic E-state index is 0.0243. The summed E-state index contributed by atoms with van der Waals surface area (Å²) in [5, 5.41) is 1.19. The van der Waals surface area contributed by atoms with E-state index in [1.165, 1.54) is 115 Å². The van der Waals surface area contributed by atoms with Gasteiger partial charge in [0.25, 0.3) is 6.71 Å². The lowest BCUT2D eigenvalue weighted by Crippen LogP contribution is -2.57. The third-order valence-electron chi connectivity index (χ3n) is 17.5. The summed E-state index contributed by atoms with van der Waals surface area (Å²) in [6.45, 7) is 36.2. The van der Waals surface area contributed by atoms with Crippen molar-refractivity contribution in [1.29, 1.82) is 0 Å². The Balaban J connectivity index is 1.27. The fraction of sp³-hybridized carbons (Fsp3) is 0.429. The van der Waals surface area contributed by atoms with Crippen molar-refractivity contribution in [3.63, 3.8) is 0 Å². The monoisotopic (exact) mass is 885 g/mol. The highest BCUT2D eigenvalue weighted by atomic mass is 16.3. The molecule has 1 atom stereocenters. The van der Waals surface area contributed by atoms with Gasteiger partial charge in [-0.25, -0.2) is 0 Å². The fourth-order valence-electron chi connectivity index (χ4n) is 13.0. The zero-order chi connectivity index (χ0) is 47.5. The Bertz CT molecular complexity index is 3100. The Labute approximate surface area is 402 Å². The second-order valence-corrected chi connectivity index (χ2v) is 26.1. The molecule has 11 rings (SSSR count). The largest absolute Gasteiger partial charge is 0.468 e. The van der Waals surface area contributed by atoms with Crippen LogP contribution in [0.1, 0.15) is 157 Å². The van der Waals surface area contributed by atoms with Crippen LogP contribution in [-0.4, -0.2) is 6.71 Å². The number of nitrogens with zero attached hydrogens (tertiary/aromatic N) is 2. The molecule has 1 aromatic heterocycles. The highest BCUT2D eigenvalue weighted by Gasteiger charge is 2.53. The first-order chi connectivity index (χ1) is 31.4. The number of rotatable bonds is 3. The van der Waals surface area contributed by atoms with Crippen LogP contribution in [0.4, 0.5) is 28.4 Å². The van der Waals surface area contributed by atoms with Crippen LogP contribution in [-0.2, 0) is 21.7 Å². The van der Waals surface area contributed by atoms with Gasteiger partial charge in [0.05, 0.1) is 17.0 Å². The van der Waals surface area contributed by atoms with Crippen LogP contribution in [0.25, 0.3) is 22.1 Å². The first-order valence-electron chi connectivity index (χ1n) is 25.5. The van der Waals surface area contributed by atoms with Crippen molar-refractivity contribution in [2.24, 2.45) is 16.7 Å². The minimum Gasteiger partial charge on any atom is -0.468 e. The molecule has 0 saturated heterocycles. The van der Waals surface area contributed by atoms with E-state index in [4.69, 9.17) is 4.42 Å². The molecule has 4 heteroatoms. The number of fused-ring (bicyclic) bond motifs is 7. The van der Waals surface area contributed by atoms with Crippen molar-refractivity contribution in [3.8, 4) is 11.1 Å². The summed E-state index contributed by atoms with van der Waals surface area (Å²) >= 11 is 0. The summed E-state index contributed by atoms with van der Waals surface area (Å²) in [7, 11) is 0. The summed E-state index contributed by atoms with van der Waals surface area (Å²) in [6.07, 6.45) is 8.50. The predicted molar refractivity (Wildman–Crippen MR) is 287 cm³/mol. The van der Waals surface area contributed by atoms with Gasteiger partial charge in [-0.15, -0.1) is 0 Å². The van der Waals surface area contributed by atoms with E-state index in [2.05, 4.69) is 217 Å². The van der Waals surface area contributed by atoms with Gasteiger partial charge in [-0.1, -0.05) is 157 Å². The van der Waals surface area contributed by atoms with Gasteiger partial charge in [0, 0.05) is 33.7 Å². The molecule has 0 N–H and O–H groups in total. The van der Waals surface area contributed by atoms with E-state index in [0.717, 1.165) is 17.7 Å². The molecule has 0 spiro atoms. The molecule has 67 heavy (non-hydrogen) atoms. The molecule has 6 aromatic rings. The third-order valence-corrected chi connectivity index (χ3v) is 17.5. The van der Waals surface area contributed by atoms with Gasteiger partial charge in [0.1, 0.15) is 5.58 Å². The lowest BCUT2D eigenvalue weighted by atomic mass is 9.32. The number of aryl methyl sites for hydroxylation is 1. The highest BCUT2D eigenvalue weighted by molar-refractivity contribution is 6.94. The van der Waals surface area contributed by atoms with Crippen LogP contribution >= 0.6 is 0 Å². The molecule has 0 amide bonds. The number of hydrogen-bond donors (Lipinski definition) is 0. The maximum atomic E-state index is 7.54. The number of hydrogen-bond acceptors (Lipinski definition) is 3. The topological polar surface area (TPSA) is 19.6 Å². The van der Waals surface area contributed by atoms with E-state index in [1.54, 1.807) is 5.57 Å². The van der Waals surface area contributed by atoms with Gasteiger partial charge in [-0.2, -0.15) is 0 Å². The highest BCUT2D eigenvalue weighted by Crippen LogP contribution is 2.60. The Morgan fingerprint density at radius 3 is 1.93 bits per heavy atom. The van der Waals surface area contributed by atoms with Crippen LogP contribution in [0.3, 0.4) is 0 Å². The molecular formula is C63H73BN2O. The lowest BCUT2D eigenvalue weighted by molar-refractivity contribution is 0.122. The molecule has 1 fully saturated rings. The zero-order valence-electron chi connectivity index (χ0n) is 43.3. The molecular weight excluding hydrogens is 812 g/mol. The Hall–Kier alpha value is -5.22. The lowest BCUT2D eigenvalue weighted by Gasteiger charge is -2.53. The minimum atomic E-state index is -0.0470. The molecule has 344 valence electrons. The maximum absolute atomic E-state index is 7.54. The first kappa shape index (κ1) is 44.3. The third kappa shape index (κ3) is 6.80. The molecule has 3 nitrogen and oxygen atoms in total. The maximum Gasteiger partial charge on any atom is 0.293 e. The quantitative estimate of drug-likeness (QED) is 0.165. The Kier molecular flexibility index (Phi) is 9.53. The molecule has 0 radical (unpaired) electrons. The van der Waals surface area contributed by atoms with Gasteiger partial charge in [-0.3, -0.25) is 0 Å². The van der Waals surface area contributed by atoms with Gasteiger partial charge in [0.15, 0.2) is 0 Å². The molecule has 0 bridgehead atoms. The zero-order valence-corrected chi connectivity index (χ0v) is 43.3. The molecule has 3 aliphatic carbocycles. The summed E-state index contributed by atoms with van der Waals surface area (Å²) < 4.78 is 7.54. The molecule has 3 heterocycles. The Morgan fingerprint density at radius 2 is 1.24 bits per heavy atom. The average Bonchev–Trinajstić information content (AvgIpc) is 3.64. The molecule has 2 aliphatic heterocycles. The molecule has 1 unspecified atom stereocenters. The standard InChI is InChI=1S/C63H73BN2O/c1-38-31-52-55-53(32-38)66(50-25-21-40(58(2,3)4)33-43(50)39-19-17-16-18-20-39)56-44-34-41(59(5,6)7)22-26-54(44)67-57(56)64(55)49-36-47-48(63(14,15)30-29-62(47,12)13)37-51(49)65(52)42-23-24-45-46(35-42)61(10,11)28-27-60(45,8)9/h16-26,31-35,37,47H,27-30,36H2,1-15H3. The van der Waals surface area contributed by atoms with E-state index in [-0.39, 0.29) is 39.2 Å². The van der Waals surface area contributed by atoms with E-state index >= 15 is 0 Å². The smallest absolute Gasteiger partial charge is 0.293 e. The summed E-state index contributed by atoms with van der Waals surface area (Å²) in [6, 6.07) is 37.9. The van der Waals surface area contributed by atoms with Crippen molar-refractivity contribution in [3.05, 3.63) is 148 Å². The van der Waals surface area contributed by atoms with Crippen LogP contribution in [0.5, 0.6) is 0 Å². The molecule has 5 aromatic carbocycles. The van der Waals surface area contributed by atoms with Gasteiger partial charge in [0.2, 0.25) is 0 Å². The number of anilines is 5. The fourth-order valence-corrected chi connectivity index (χ4v) is 13.0. The van der Waals surface area contributed by atoms with E-state index in [9.17, 15) is 0 Å². The van der Waals surface area contributed by atoms with Crippen molar-refractivity contribution < 1.29 is 4.42 Å². The first-order valence-corrected chi connectivity index (χ1v) is 25.5. The number of allylic oxidation sites excluding steroid dienone is 3. The van der Waals surface area contributed by atoms with Crippen molar-refractivity contribution in [2.45, 2.75) is 158 Å². The number of furan rings is 1. The predicted octanol–water partition coefficient (Wildman–Crippen LogP) is 16.5. The number of benzene rings is 5. The Morgan fingerprint density at radius 1 is 0.612 bits per heavy atom. The van der Waals surface area contributed by atoms with Gasteiger partial charge < -0.3 is 14.2 Å². The average molecular weight is 885 g/mol.